The molecule has 21 heavy (non-hydrogen) atoms. The first-order valence-electron chi connectivity index (χ1n) is 8.59. The van der Waals surface area contributed by atoms with Gasteiger partial charge in [0, 0.05) is 6.54 Å². The van der Waals surface area contributed by atoms with Crippen molar-refractivity contribution in [3.63, 3.8) is 0 Å². The second kappa shape index (κ2) is 9.21. The van der Waals surface area contributed by atoms with Gasteiger partial charge in [-0.25, -0.2) is 0 Å². The van der Waals surface area contributed by atoms with Crippen molar-refractivity contribution in [2.45, 2.75) is 44.9 Å². The SMILES string of the molecule is CNCC1CCN(CC(=O)NCCC2=CCCCC2)CC1. The second-order valence-electron chi connectivity index (χ2n) is 6.49. The van der Waals surface area contributed by atoms with Crippen LogP contribution in [0, 0.1) is 5.92 Å². The van der Waals surface area contributed by atoms with Gasteiger partial charge in [0.15, 0.2) is 0 Å². The molecule has 1 fully saturated rings. The molecule has 1 aliphatic heterocycles. The number of nitrogens with one attached hydrogen (secondary N) is 2. The van der Waals surface area contributed by atoms with E-state index in [0.29, 0.717) is 6.54 Å². The molecule has 1 aliphatic carbocycles. The second-order valence-corrected chi connectivity index (χ2v) is 6.49. The quantitative estimate of drug-likeness (QED) is 0.705. The van der Waals surface area contributed by atoms with Crippen molar-refractivity contribution in [1.29, 1.82) is 0 Å². The Morgan fingerprint density at radius 1 is 1.33 bits per heavy atom. The van der Waals surface area contributed by atoms with Gasteiger partial charge in [-0.2, -0.15) is 0 Å². The first-order valence-corrected chi connectivity index (χ1v) is 8.59. The lowest BCUT2D eigenvalue weighted by Crippen LogP contribution is -2.42. The maximum absolute atomic E-state index is 12.0. The summed E-state index contributed by atoms with van der Waals surface area (Å²) in [4.78, 5) is 14.3. The van der Waals surface area contributed by atoms with Crippen LogP contribution in [0.25, 0.3) is 0 Å². The van der Waals surface area contributed by atoms with Crippen molar-refractivity contribution >= 4 is 5.91 Å². The minimum Gasteiger partial charge on any atom is -0.355 e. The number of allylic oxidation sites excluding steroid dienone is 1. The summed E-state index contributed by atoms with van der Waals surface area (Å²) < 4.78 is 0. The third-order valence-corrected chi connectivity index (χ3v) is 4.72. The fraction of sp³-hybridized carbons (Fsp3) is 0.824. The summed E-state index contributed by atoms with van der Waals surface area (Å²) >= 11 is 0. The van der Waals surface area contributed by atoms with Crippen molar-refractivity contribution in [2.24, 2.45) is 5.92 Å². The van der Waals surface area contributed by atoms with Crippen molar-refractivity contribution in [3.8, 4) is 0 Å². The van der Waals surface area contributed by atoms with Crippen molar-refractivity contribution < 1.29 is 4.79 Å². The summed E-state index contributed by atoms with van der Waals surface area (Å²) in [5.41, 5.74) is 1.54. The number of carbonyl (C=O) groups excluding carboxylic acids is 1. The van der Waals surface area contributed by atoms with Gasteiger partial charge in [0.05, 0.1) is 6.54 Å². The van der Waals surface area contributed by atoms with Gasteiger partial charge in [-0.1, -0.05) is 11.6 Å². The van der Waals surface area contributed by atoms with Gasteiger partial charge in [-0.15, -0.1) is 0 Å². The van der Waals surface area contributed by atoms with Crippen molar-refractivity contribution in [2.75, 3.05) is 39.8 Å². The van der Waals surface area contributed by atoms with Crippen LogP contribution in [0.3, 0.4) is 0 Å². The van der Waals surface area contributed by atoms with Crippen LogP contribution in [0.2, 0.25) is 0 Å². The van der Waals surface area contributed by atoms with Gasteiger partial charge in [-0.05, 0) is 77.5 Å². The molecule has 0 saturated carbocycles. The lowest BCUT2D eigenvalue weighted by Gasteiger charge is -2.31. The molecule has 0 aromatic carbocycles. The van der Waals surface area contributed by atoms with E-state index >= 15 is 0 Å². The van der Waals surface area contributed by atoms with Crippen LogP contribution in [-0.4, -0.2) is 50.6 Å². The summed E-state index contributed by atoms with van der Waals surface area (Å²) in [6.07, 6.45) is 10.9. The van der Waals surface area contributed by atoms with Crippen LogP contribution >= 0.6 is 0 Å². The molecular formula is C17H31N3O. The van der Waals surface area contributed by atoms with Gasteiger partial charge in [0.2, 0.25) is 5.91 Å². The molecule has 0 atom stereocenters. The van der Waals surface area contributed by atoms with Gasteiger partial charge in [0.1, 0.15) is 0 Å². The van der Waals surface area contributed by atoms with E-state index in [-0.39, 0.29) is 5.91 Å². The maximum Gasteiger partial charge on any atom is 0.234 e. The van der Waals surface area contributed by atoms with E-state index in [1.165, 1.54) is 44.1 Å². The predicted molar refractivity (Wildman–Crippen MR) is 87.3 cm³/mol. The zero-order chi connectivity index (χ0) is 14.9. The first kappa shape index (κ1) is 16.5. The average molecular weight is 293 g/mol. The Morgan fingerprint density at radius 2 is 2.14 bits per heavy atom. The highest BCUT2D eigenvalue weighted by molar-refractivity contribution is 5.78. The number of hydrogen-bond donors (Lipinski definition) is 2. The molecule has 0 spiro atoms. The van der Waals surface area contributed by atoms with E-state index in [9.17, 15) is 4.79 Å². The van der Waals surface area contributed by atoms with E-state index < -0.39 is 0 Å². The molecule has 0 unspecified atom stereocenters. The minimum atomic E-state index is 0.193. The minimum absolute atomic E-state index is 0.193. The lowest BCUT2D eigenvalue weighted by atomic mass is 9.97. The van der Waals surface area contributed by atoms with Gasteiger partial charge in [-0.3, -0.25) is 9.69 Å². The fourth-order valence-electron chi connectivity index (χ4n) is 3.39. The Kier molecular flexibility index (Phi) is 7.24. The summed E-state index contributed by atoms with van der Waals surface area (Å²) in [6, 6.07) is 0. The average Bonchev–Trinajstić information content (AvgIpc) is 2.51. The highest BCUT2D eigenvalue weighted by Crippen LogP contribution is 2.19. The number of carbonyl (C=O) groups is 1. The van der Waals surface area contributed by atoms with Crippen molar-refractivity contribution in [1.82, 2.24) is 15.5 Å². The van der Waals surface area contributed by atoms with Crippen LogP contribution in [0.1, 0.15) is 44.9 Å². The normalized spacial score (nSPS) is 21.1. The lowest BCUT2D eigenvalue weighted by molar-refractivity contribution is -0.122. The number of nitrogens with zero attached hydrogens (tertiary/aromatic N) is 1. The first-order chi connectivity index (χ1) is 10.3. The molecular weight excluding hydrogens is 262 g/mol. The zero-order valence-corrected chi connectivity index (χ0v) is 13.5. The van der Waals surface area contributed by atoms with E-state index in [1.807, 2.05) is 7.05 Å². The van der Waals surface area contributed by atoms with E-state index in [0.717, 1.165) is 38.5 Å². The number of piperidine rings is 1. The number of rotatable bonds is 7. The van der Waals surface area contributed by atoms with Gasteiger partial charge >= 0.3 is 0 Å². The van der Waals surface area contributed by atoms with E-state index in [2.05, 4.69) is 21.6 Å². The molecule has 2 aliphatic rings. The Morgan fingerprint density at radius 3 is 2.81 bits per heavy atom. The molecule has 4 nitrogen and oxygen atoms in total. The molecule has 0 aromatic heterocycles. The molecule has 2 N–H and O–H groups in total. The van der Waals surface area contributed by atoms with Gasteiger partial charge < -0.3 is 10.6 Å². The van der Waals surface area contributed by atoms with Crippen molar-refractivity contribution in [3.05, 3.63) is 11.6 Å². The van der Waals surface area contributed by atoms with Crippen LogP contribution in [0.4, 0.5) is 0 Å². The molecule has 2 rings (SSSR count). The third kappa shape index (κ3) is 6.18. The summed E-state index contributed by atoms with van der Waals surface area (Å²) in [7, 11) is 2.02. The Hall–Kier alpha value is -0.870. The van der Waals surface area contributed by atoms with Crippen LogP contribution < -0.4 is 10.6 Å². The monoisotopic (exact) mass is 293 g/mol. The van der Waals surface area contributed by atoms with Crippen LogP contribution in [0.5, 0.6) is 0 Å². The molecule has 1 saturated heterocycles. The summed E-state index contributed by atoms with van der Waals surface area (Å²) in [5.74, 6) is 0.978. The predicted octanol–water partition coefficient (Wildman–Crippen LogP) is 1.92. The summed E-state index contributed by atoms with van der Waals surface area (Å²) in [5, 5.41) is 6.33. The molecule has 4 heteroatoms. The molecule has 0 bridgehead atoms. The molecule has 0 radical (unpaired) electrons. The highest BCUT2D eigenvalue weighted by atomic mass is 16.2. The van der Waals surface area contributed by atoms with Crippen LogP contribution in [0.15, 0.2) is 11.6 Å². The third-order valence-electron chi connectivity index (χ3n) is 4.72. The Bertz CT molecular complexity index is 346. The Labute approximate surface area is 129 Å². The highest BCUT2D eigenvalue weighted by Gasteiger charge is 2.20. The zero-order valence-electron chi connectivity index (χ0n) is 13.5. The largest absolute Gasteiger partial charge is 0.355 e. The number of likely N-dealkylation sites (tertiary alicyclic amines) is 1. The Balaban J connectivity index is 1.56. The molecule has 1 amide bonds. The molecule has 0 aromatic rings. The van der Waals surface area contributed by atoms with Gasteiger partial charge in [0.25, 0.3) is 0 Å². The molecule has 120 valence electrons. The van der Waals surface area contributed by atoms with Crippen LogP contribution in [-0.2, 0) is 4.79 Å². The van der Waals surface area contributed by atoms with E-state index in [4.69, 9.17) is 0 Å². The number of hydrogen-bond acceptors (Lipinski definition) is 3. The maximum atomic E-state index is 12.0. The summed E-state index contributed by atoms with van der Waals surface area (Å²) in [6.45, 7) is 4.61. The number of amides is 1. The fourth-order valence-corrected chi connectivity index (χ4v) is 3.39. The topological polar surface area (TPSA) is 44.4 Å². The standard InChI is InChI=1S/C17H31N3O/c1-18-13-16-8-11-20(12-9-16)14-17(21)19-10-7-15-5-3-2-4-6-15/h5,16,18H,2-4,6-14H2,1H3,(H,19,21). The molecule has 1 heterocycles. The van der Waals surface area contributed by atoms with E-state index in [1.54, 1.807) is 0 Å². The smallest absolute Gasteiger partial charge is 0.234 e.